The van der Waals surface area contributed by atoms with E-state index in [9.17, 15) is 0 Å². The average Bonchev–Trinajstić information content (AvgIpc) is 3.52. The first-order chi connectivity index (χ1) is 26.3. The van der Waals surface area contributed by atoms with Crippen molar-refractivity contribution >= 4 is 11.8 Å². The molecule has 0 saturated carbocycles. The first-order valence-electron chi connectivity index (χ1n) is 18.7. The summed E-state index contributed by atoms with van der Waals surface area (Å²) in [5.41, 5.74) is 16.9. The normalized spacial score (nSPS) is 13.8. The van der Waals surface area contributed by atoms with Gasteiger partial charge in [-0.2, -0.15) is 0 Å². The standard InChI is InChI=1S/C52H38S/c1-4-16-36(17-5-1)28-31-41(37-18-6-2-7-19-37)39-29-32-42(45(34-39)38-20-8-3-9-21-38)40-30-33-49-51(35-40)53-50-27-15-14-26-48(50)52(49)46-24-12-10-22-43(46)44-23-11-13-25-47(44)52/h1-27,29-30,32-35,41H,28,31H2. The van der Waals surface area contributed by atoms with Gasteiger partial charge in [-0.25, -0.2) is 0 Å². The third-order valence-corrected chi connectivity index (χ3v) is 12.6. The van der Waals surface area contributed by atoms with E-state index in [4.69, 9.17) is 0 Å². The summed E-state index contributed by atoms with van der Waals surface area (Å²) >= 11 is 1.91. The number of aryl methyl sites for hydroxylation is 1. The molecule has 1 heteroatoms. The van der Waals surface area contributed by atoms with Gasteiger partial charge >= 0.3 is 0 Å². The monoisotopic (exact) mass is 694 g/mol. The zero-order valence-corrected chi connectivity index (χ0v) is 30.3. The Morgan fingerprint density at radius 1 is 0.377 bits per heavy atom. The second kappa shape index (κ2) is 13.3. The highest BCUT2D eigenvalue weighted by Crippen LogP contribution is 2.62. The van der Waals surface area contributed by atoms with Crippen molar-refractivity contribution in [2.24, 2.45) is 0 Å². The van der Waals surface area contributed by atoms with Crippen LogP contribution in [0.4, 0.5) is 0 Å². The minimum atomic E-state index is -0.364. The van der Waals surface area contributed by atoms with E-state index in [2.05, 4.69) is 200 Å². The van der Waals surface area contributed by atoms with Crippen LogP contribution in [0.5, 0.6) is 0 Å². The van der Waals surface area contributed by atoms with Gasteiger partial charge in [-0.05, 0) is 103 Å². The fourth-order valence-electron chi connectivity index (χ4n) is 9.08. The Labute approximate surface area is 316 Å². The minimum Gasteiger partial charge on any atom is -0.0894 e. The quantitative estimate of drug-likeness (QED) is 0.160. The van der Waals surface area contributed by atoms with Crippen molar-refractivity contribution in [1.29, 1.82) is 0 Å². The van der Waals surface area contributed by atoms with Crippen LogP contribution in [-0.4, -0.2) is 0 Å². The molecule has 0 aromatic heterocycles. The third kappa shape index (κ3) is 5.30. The van der Waals surface area contributed by atoms with E-state index < -0.39 is 0 Å². The molecule has 1 aliphatic heterocycles. The van der Waals surface area contributed by atoms with Crippen LogP contribution in [0, 0.1) is 0 Å². The molecule has 0 fully saturated rings. The van der Waals surface area contributed by atoms with Gasteiger partial charge in [0, 0.05) is 15.7 Å². The number of fused-ring (bicyclic) bond motifs is 9. The van der Waals surface area contributed by atoms with Crippen LogP contribution >= 0.6 is 11.8 Å². The highest BCUT2D eigenvalue weighted by Gasteiger charge is 2.50. The van der Waals surface area contributed by atoms with Crippen molar-refractivity contribution in [2.45, 2.75) is 34.0 Å². The summed E-state index contributed by atoms with van der Waals surface area (Å²) in [6.07, 6.45) is 2.07. The maximum absolute atomic E-state index is 2.47. The Morgan fingerprint density at radius 2 is 0.962 bits per heavy atom. The second-order valence-corrected chi connectivity index (χ2v) is 15.4. The van der Waals surface area contributed by atoms with Gasteiger partial charge in [0.1, 0.15) is 0 Å². The van der Waals surface area contributed by atoms with E-state index in [1.165, 1.54) is 82.1 Å². The molecule has 0 bridgehead atoms. The lowest BCUT2D eigenvalue weighted by molar-refractivity contribution is 0.715. The zero-order valence-electron chi connectivity index (χ0n) is 29.5. The van der Waals surface area contributed by atoms with Crippen LogP contribution < -0.4 is 0 Å². The van der Waals surface area contributed by atoms with Crippen LogP contribution in [0.15, 0.2) is 210 Å². The van der Waals surface area contributed by atoms with Crippen LogP contribution in [0.25, 0.3) is 33.4 Å². The van der Waals surface area contributed by atoms with E-state index in [0.29, 0.717) is 0 Å². The molecule has 1 heterocycles. The maximum atomic E-state index is 2.47. The molecule has 1 aliphatic carbocycles. The van der Waals surface area contributed by atoms with Gasteiger partial charge < -0.3 is 0 Å². The molecule has 53 heavy (non-hydrogen) atoms. The highest BCUT2D eigenvalue weighted by atomic mass is 32.2. The molecule has 0 N–H and O–H groups in total. The van der Waals surface area contributed by atoms with Gasteiger partial charge in [0.2, 0.25) is 0 Å². The number of hydrogen-bond acceptors (Lipinski definition) is 1. The first-order valence-corrected chi connectivity index (χ1v) is 19.5. The van der Waals surface area contributed by atoms with Gasteiger partial charge in [-0.3, -0.25) is 0 Å². The molecule has 0 amide bonds. The Bertz CT molecular complexity index is 2540. The molecule has 10 rings (SSSR count). The maximum Gasteiger partial charge on any atom is 0.0735 e. The summed E-state index contributed by atoms with van der Waals surface area (Å²) in [5.74, 6) is 0.283. The van der Waals surface area contributed by atoms with Crippen molar-refractivity contribution in [3.8, 4) is 33.4 Å². The lowest BCUT2D eigenvalue weighted by Gasteiger charge is -2.39. The third-order valence-electron chi connectivity index (χ3n) is 11.5. The second-order valence-electron chi connectivity index (χ2n) is 14.3. The molecule has 1 unspecified atom stereocenters. The average molecular weight is 695 g/mol. The number of rotatable bonds is 7. The fourth-order valence-corrected chi connectivity index (χ4v) is 10.3. The van der Waals surface area contributed by atoms with E-state index in [1.807, 2.05) is 11.8 Å². The predicted molar refractivity (Wildman–Crippen MR) is 222 cm³/mol. The Hall–Kier alpha value is -5.89. The van der Waals surface area contributed by atoms with E-state index in [-0.39, 0.29) is 11.3 Å². The van der Waals surface area contributed by atoms with Crippen molar-refractivity contribution < 1.29 is 0 Å². The molecular weight excluding hydrogens is 657 g/mol. The van der Waals surface area contributed by atoms with Gasteiger partial charge in [0.25, 0.3) is 0 Å². The summed E-state index contributed by atoms with van der Waals surface area (Å²) in [5, 5.41) is 0. The topological polar surface area (TPSA) is 0 Å². The van der Waals surface area contributed by atoms with Crippen LogP contribution in [0.2, 0.25) is 0 Å². The van der Waals surface area contributed by atoms with Crippen LogP contribution in [0.1, 0.15) is 51.3 Å². The predicted octanol–water partition coefficient (Wildman–Crippen LogP) is 13.6. The van der Waals surface area contributed by atoms with Crippen molar-refractivity contribution in [1.82, 2.24) is 0 Å². The lowest BCUT2D eigenvalue weighted by Crippen LogP contribution is -2.31. The summed E-state index contributed by atoms with van der Waals surface area (Å²) in [6, 6.07) is 74.6. The smallest absolute Gasteiger partial charge is 0.0735 e. The summed E-state index contributed by atoms with van der Waals surface area (Å²) in [6.45, 7) is 0. The Morgan fingerprint density at radius 3 is 1.68 bits per heavy atom. The lowest BCUT2D eigenvalue weighted by atomic mass is 9.67. The number of hydrogen-bond donors (Lipinski definition) is 0. The summed E-state index contributed by atoms with van der Waals surface area (Å²) in [7, 11) is 0. The number of benzene rings is 8. The molecular formula is C52H38S. The zero-order chi connectivity index (χ0) is 35.2. The van der Waals surface area contributed by atoms with E-state index in [1.54, 1.807) is 0 Å². The first kappa shape index (κ1) is 31.8. The van der Waals surface area contributed by atoms with Gasteiger partial charge in [0.15, 0.2) is 0 Å². The fraction of sp³-hybridized carbons (Fsp3) is 0.0769. The molecule has 252 valence electrons. The van der Waals surface area contributed by atoms with Gasteiger partial charge in [-0.1, -0.05) is 194 Å². The van der Waals surface area contributed by atoms with Crippen molar-refractivity contribution in [3.05, 3.63) is 239 Å². The molecule has 0 radical (unpaired) electrons. The minimum absolute atomic E-state index is 0.283. The molecule has 8 aromatic carbocycles. The van der Waals surface area contributed by atoms with Crippen molar-refractivity contribution in [2.75, 3.05) is 0 Å². The van der Waals surface area contributed by atoms with Gasteiger partial charge in [-0.15, -0.1) is 0 Å². The summed E-state index contributed by atoms with van der Waals surface area (Å²) in [4.78, 5) is 2.65. The van der Waals surface area contributed by atoms with Crippen LogP contribution in [-0.2, 0) is 11.8 Å². The van der Waals surface area contributed by atoms with Crippen molar-refractivity contribution in [3.63, 3.8) is 0 Å². The SMILES string of the molecule is c1ccc(CCC(c2ccccc2)c2ccc(-c3ccc4c(c3)Sc3ccccc3C43c4ccccc4-c4ccccc43)c(-c3ccccc3)c2)cc1. The van der Waals surface area contributed by atoms with Gasteiger partial charge in [0.05, 0.1) is 5.41 Å². The Kier molecular flexibility index (Phi) is 7.96. The molecule has 2 aliphatic rings. The molecule has 1 atom stereocenters. The van der Waals surface area contributed by atoms with Crippen LogP contribution in [0.3, 0.4) is 0 Å². The largest absolute Gasteiger partial charge is 0.0894 e. The molecule has 8 aromatic rings. The van der Waals surface area contributed by atoms with E-state index >= 15 is 0 Å². The highest BCUT2D eigenvalue weighted by molar-refractivity contribution is 7.99. The summed E-state index contributed by atoms with van der Waals surface area (Å²) < 4.78 is 0. The molecule has 1 spiro atoms. The van der Waals surface area contributed by atoms with E-state index in [0.717, 1.165) is 12.8 Å². The molecule has 0 nitrogen and oxygen atoms in total. The molecule has 0 saturated heterocycles. The Balaban J connectivity index is 1.13.